The van der Waals surface area contributed by atoms with Gasteiger partial charge in [0.2, 0.25) is 0 Å². The number of aliphatic carboxylic acids is 1. The number of rotatable bonds is 4. The Kier molecular flexibility index (Phi) is 4.49. The molecule has 1 N–H and O–H groups in total. The third-order valence-electron chi connectivity index (χ3n) is 3.00. The predicted octanol–water partition coefficient (Wildman–Crippen LogP) is 4.14. The Morgan fingerprint density at radius 1 is 1.10 bits per heavy atom. The van der Waals surface area contributed by atoms with Crippen molar-refractivity contribution in [1.29, 1.82) is 0 Å². The van der Waals surface area contributed by atoms with E-state index in [4.69, 9.17) is 0 Å². The first-order valence-corrected chi connectivity index (χ1v) is 6.69. The third kappa shape index (κ3) is 3.42. The first kappa shape index (κ1) is 14.7. The molecule has 1 unspecified atom stereocenters. The first-order chi connectivity index (χ1) is 9.47. The van der Waals surface area contributed by atoms with Crippen LogP contribution in [0.4, 0.5) is 8.78 Å². The fraction of sp³-hybridized carbons (Fsp3) is 0.133. The molecule has 0 saturated carbocycles. The van der Waals surface area contributed by atoms with Crippen LogP contribution in [-0.2, 0) is 11.2 Å². The van der Waals surface area contributed by atoms with E-state index in [0.29, 0.717) is 15.6 Å². The molecule has 0 radical (unpaired) electrons. The van der Waals surface area contributed by atoms with Gasteiger partial charge in [-0.25, -0.2) is 8.78 Å². The highest BCUT2D eigenvalue weighted by Gasteiger charge is 2.21. The van der Waals surface area contributed by atoms with E-state index >= 15 is 0 Å². The summed E-state index contributed by atoms with van der Waals surface area (Å²) in [5.74, 6) is -2.74. The molecular weight excluding hydrogens is 330 g/mol. The summed E-state index contributed by atoms with van der Waals surface area (Å²) >= 11 is 3.27. The molecule has 1 atom stereocenters. The van der Waals surface area contributed by atoms with E-state index in [9.17, 15) is 18.7 Å². The van der Waals surface area contributed by atoms with Crippen molar-refractivity contribution in [3.05, 3.63) is 69.7 Å². The largest absolute Gasteiger partial charge is 0.481 e. The smallest absolute Gasteiger partial charge is 0.311 e. The standard InChI is InChI=1S/C15H11BrF2O2/c16-14-6-5-12(18)7-10(14)8-13(15(19)20)9-1-3-11(17)4-2-9/h1-7,13H,8H2,(H,19,20). The van der Waals surface area contributed by atoms with Gasteiger partial charge in [0.15, 0.2) is 0 Å². The lowest BCUT2D eigenvalue weighted by Gasteiger charge is -2.14. The van der Waals surface area contributed by atoms with Crippen LogP contribution >= 0.6 is 15.9 Å². The van der Waals surface area contributed by atoms with Crippen molar-refractivity contribution < 1.29 is 18.7 Å². The van der Waals surface area contributed by atoms with Crippen molar-refractivity contribution >= 4 is 21.9 Å². The van der Waals surface area contributed by atoms with Gasteiger partial charge in [0.25, 0.3) is 0 Å². The molecule has 2 aromatic carbocycles. The molecule has 0 aliphatic rings. The first-order valence-electron chi connectivity index (χ1n) is 5.89. The molecule has 5 heteroatoms. The summed E-state index contributed by atoms with van der Waals surface area (Å²) in [5, 5.41) is 9.31. The minimum Gasteiger partial charge on any atom is -0.481 e. The SMILES string of the molecule is O=C(O)C(Cc1cc(F)ccc1Br)c1ccc(F)cc1. The van der Waals surface area contributed by atoms with Gasteiger partial charge in [0, 0.05) is 4.47 Å². The molecule has 0 aliphatic heterocycles. The summed E-state index contributed by atoms with van der Waals surface area (Å²) < 4.78 is 26.8. The Morgan fingerprint density at radius 3 is 2.30 bits per heavy atom. The number of hydrogen-bond donors (Lipinski definition) is 1. The second-order valence-corrected chi connectivity index (χ2v) is 5.24. The Balaban J connectivity index is 2.32. The van der Waals surface area contributed by atoms with Gasteiger partial charge in [0.05, 0.1) is 5.92 Å². The third-order valence-corrected chi connectivity index (χ3v) is 3.78. The van der Waals surface area contributed by atoms with Gasteiger partial charge in [-0.15, -0.1) is 0 Å². The second kappa shape index (κ2) is 6.13. The van der Waals surface area contributed by atoms with Crippen LogP contribution in [0.15, 0.2) is 46.9 Å². The summed E-state index contributed by atoms with van der Waals surface area (Å²) in [6, 6.07) is 9.42. The van der Waals surface area contributed by atoms with Gasteiger partial charge in [-0.3, -0.25) is 4.79 Å². The van der Waals surface area contributed by atoms with E-state index in [0.717, 1.165) is 0 Å². The quantitative estimate of drug-likeness (QED) is 0.908. The Hall–Kier alpha value is -1.75. The Labute approximate surface area is 123 Å². The number of carboxylic acids is 1. The molecule has 2 nitrogen and oxygen atoms in total. The van der Waals surface area contributed by atoms with Gasteiger partial charge >= 0.3 is 5.97 Å². The average molecular weight is 341 g/mol. The Bertz CT molecular complexity index is 626. The molecule has 0 bridgehead atoms. The lowest BCUT2D eigenvalue weighted by molar-refractivity contribution is -0.138. The molecule has 0 saturated heterocycles. The molecular formula is C15H11BrF2O2. The van der Waals surface area contributed by atoms with E-state index in [-0.39, 0.29) is 6.42 Å². The highest BCUT2D eigenvalue weighted by Crippen LogP contribution is 2.26. The zero-order valence-corrected chi connectivity index (χ0v) is 11.9. The zero-order valence-electron chi connectivity index (χ0n) is 10.3. The summed E-state index contributed by atoms with van der Waals surface area (Å²) in [4.78, 5) is 11.4. The molecule has 0 aliphatic carbocycles. The van der Waals surface area contributed by atoms with Crippen molar-refractivity contribution in [2.24, 2.45) is 0 Å². The molecule has 0 spiro atoms. The molecule has 0 aromatic heterocycles. The van der Waals surface area contributed by atoms with Crippen molar-refractivity contribution in [3.8, 4) is 0 Å². The van der Waals surface area contributed by atoms with E-state index in [1.807, 2.05) is 0 Å². The van der Waals surface area contributed by atoms with Crippen molar-refractivity contribution in [1.82, 2.24) is 0 Å². The number of carboxylic acid groups (broad SMARTS) is 1. The molecule has 2 rings (SSSR count). The van der Waals surface area contributed by atoms with Crippen molar-refractivity contribution in [3.63, 3.8) is 0 Å². The summed E-state index contributed by atoms with van der Waals surface area (Å²) in [6.45, 7) is 0. The van der Waals surface area contributed by atoms with Crippen LogP contribution in [0, 0.1) is 11.6 Å². The maximum absolute atomic E-state index is 13.2. The number of halogens is 3. The minimum atomic E-state index is -1.03. The van der Waals surface area contributed by atoms with Crippen LogP contribution in [-0.4, -0.2) is 11.1 Å². The van der Waals surface area contributed by atoms with Crippen LogP contribution in [0.1, 0.15) is 17.0 Å². The summed E-state index contributed by atoms with van der Waals surface area (Å²) in [7, 11) is 0. The normalized spacial score (nSPS) is 12.2. The zero-order chi connectivity index (χ0) is 14.7. The van der Waals surface area contributed by atoms with E-state index in [1.54, 1.807) is 0 Å². The molecule has 0 amide bonds. The molecule has 0 heterocycles. The topological polar surface area (TPSA) is 37.3 Å². The van der Waals surface area contributed by atoms with Gasteiger partial charge in [-0.1, -0.05) is 28.1 Å². The fourth-order valence-electron chi connectivity index (χ4n) is 1.96. The maximum Gasteiger partial charge on any atom is 0.311 e. The number of hydrogen-bond acceptors (Lipinski definition) is 1. The molecule has 104 valence electrons. The molecule has 2 aromatic rings. The van der Waals surface area contributed by atoms with Gasteiger partial charge < -0.3 is 5.11 Å². The van der Waals surface area contributed by atoms with Crippen molar-refractivity contribution in [2.45, 2.75) is 12.3 Å². The van der Waals surface area contributed by atoms with Crippen LogP contribution < -0.4 is 0 Å². The van der Waals surface area contributed by atoms with E-state index in [2.05, 4.69) is 15.9 Å². The lowest BCUT2D eigenvalue weighted by Crippen LogP contribution is -2.15. The predicted molar refractivity (Wildman–Crippen MR) is 74.6 cm³/mol. The lowest BCUT2D eigenvalue weighted by atomic mass is 9.92. The molecule has 0 fully saturated rings. The number of carbonyl (C=O) groups is 1. The van der Waals surface area contributed by atoms with E-state index in [1.165, 1.54) is 42.5 Å². The van der Waals surface area contributed by atoms with Crippen LogP contribution in [0.5, 0.6) is 0 Å². The maximum atomic E-state index is 13.2. The minimum absolute atomic E-state index is 0.124. The number of benzene rings is 2. The Morgan fingerprint density at radius 2 is 1.70 bits per heavy atom. The van der Waals surface area contributed by atoms with Gasteiger partial charge in [0.1, 0.15) is 11.6 Å². The van der Waals surface area contributed by atoms with Crippen LogP contribution in [0.2, 0.25) is 0 Å². The second-order valence-electron chi connectivity index (χ2n) is 4.38. The van der Waals surface area contributed by atoms with Gasteiger partial charge in [-0.05, 0) is 47.9 Å². The fourth-order valence-corrected chi connectivity index (χ4v) is 2.37. The molecule has 20 heavy (non-hydrogen) atoms. The van der Waals surface area contributed by atoms with Crippen LogP contribution in [0.3, 0.4) is 0 Å². The highest BCUT2D eigenvalue weighted by atomic mass is 79.9. The average Bonchev–Trinajstić information content (AvgIpc) is 2.40. The van der Waals surface area contributed by atoms with Crippen LogP contribution in [0.25, 0.3) is 0 Å². The summed E-state index contributed by atoms with van der Waals surface area (Å²) in [5.41, 5.74) is 1.04. The van der Waals surface area contributed by atoms with Crippen molar-refractivity contribution in [2.75, 3.05) is 0 Å². The highest BCUT2D eigenvalue weighted by molar-refractivity contribution is 9.10. The van der Waals surface area contributed by atoms with Gasteiger partial charge in [-0.2, -0.15) is 0 Å². The van der Waals surface area contributed by atoms with E-state index < -0.39 is 23.5 Å². The monoisotopic (exact) mass is 340 g/mol. The summed E-state index contributed by atoms with van der Waals surface area (Å²) in [6.07, 6.45) is 0.124.